The molecule has 182 valence electrons. The first-order valence-electron chi connectivity index (χ1n) is 10.4. The summed E-state index contributed by atoms with van der Waals surface area (Å²) in [4.78, 5) is 26.1. The SMILES string of the molecule is CC(C)(C)OC(=O)N1CCC(OC[C@](C)(O)C(=O)Nc2ccc(C#N)c(C(F)(F)F)c2)CC1. The van der Waals surface area contributed by atoms with E-state index in [-0.39, 0.29) is 11.8 Å². The number of nitriles is 1. The Morgan fingerprint density at radius 2 is 1.82 bits per heavy atom. The lowest BCUT2D eigenvalue weighted by Gasteiger charge is -2.34. The lowest BCUT2D eigenvalue weighted by atomic mass is 10.0. The maximum absolute atomic E-state index is 13.1. The molecule has 0 bridgehead atoms. The van der Waals surface area contributed by atoms with Gasteiger partial charge in [0, 0.05) is 18.8 Å². The molecule has 1 atom stereocenters. The number of rotatable bonds is 5. The number of ether oxygens (including phenoxy) is 2. The van der Waals surface area contributed by atoms with Crippen molar-refractivity contribution in [2.24, 2.45) is 0 Å². The van der Waals surface area contributed by atoms with Crippen LogP contribution in [0.1, 0.15) is 51.7 Å². The normalized spacial score (nSPS) is 17.1. The Labute approximate surface area is 190 Å². The van der Waals surface area contributed by atoms with Crippen molar-refractivity contribution in [1.29, 1.82) is 5.26 Å². The summed E-state index contributed by atoms with van der Waals surface area (Å²) >= 11 is 0. The Bertz CT molecular complexity index is 911. The minimum Gasteiger partial charge on any atom is -0.444 e. The molecule has 0 radical (unpaired) electrons. The van der Waals surface area contributed by atoms with Crippen LogP contribution in [0, 0.1) is 11.3 Å². The first-order chi connectivity index (χ1) is 15.1. The third-order valence-electron chi connectivity index (χ3n) is 4.89. The molecule has 0 aromatic heterocycles. The predicted octanol–water partition coefficient (Wildman–Crippen LogP) is 3.68. The topological polar surface area (TPSA) is 112 Å². The summed E-state index contributed by atoms with van der Waals surface area (Å²) in [7, 11) is 0. The molecule has 0 aliphatic carbocycles. The lowest BCUT2D eigenvalue weighted by Crippen LogP contribution is -2.47. The van der Waals surface area contributed by atoms with Crippen molar-refractivity contribution in [3.8, 4) is 6.07 Å². The zero-order valence-electron chi connectivity index (χ0n) is 19.0. The molecule has 0 saturated carbocycles. The van der Waals surface area contributed by atoms with Gasteiger partial charge < -0.3 is 24.8 Å². The zero-order valence-corrected chi connectivity index (χ0v) is 19.0. The Kier molecular flexibility index (Phi) is 7.98. The van der Waals surface area contributed by atoms with Crippen LogP contribution in [0.15, 0.2) is 18.2 Å². The minimum atomic E-state index is -4.77. The molecule has 33 heavy (non-hydrogen) atoms. The number of amides is 2. The number of alkyl halides is 3. The van der Waals surface area contributed by atoms with Crippen molar-refractivity contribution in [3.63, 3.8) is 0 Å². The molecule has 1 saturated heterocycles. The molecule has 1 aromatic rings. The van der Waals surface area contributed by atoms with E-state index in [0.29, 0.717) is 32.0 Å². The van der Waals surface area contributed by atoms with Gasteiger partial charge in [0.2, 0.25) is 0 Å². The average Bonchev–Trinajstić information content (AvgIpc) is 2.70. The first kappa shape index (κ1) is 26.4. The third-order valence-corrected chi connectivity index (χ3v) is 4.89. The summed E-state index contributed by atoms with van der Waals surface area (Å²) in [5.74, 6) is -0.952. The maximum Gasteiger partial charge on any atom is 0.417 e. The summed E-state index contributed by atoms with van der Waals surface area (Å²) in [6.45, 7) is 6.89. The molecule has 1 heterocycles. The first-order valence-corrected chi connectivity index (χ1v) is 10.4. The van der Waals surface area contributed by atoms with Crippen molar-refractivity contribution in [2.75, 3.05) is 25.0 Å². The summed E-state index contributed by atoms with van der Waals surface area (Å²) in [5.41, 5.74) is -4.60. The van der Waals surface area contributed by atoms with E-state index in [1.807, 2.05) is 0 Å². The highest BCUT2D eigenvalue weighted by molar-refractivity contribution is 5.97. The number of nitrogens with one attached hydrogen (secondary N) is 1. The van der Waals surface area contributed by atoms with Gasteiger partial charge in [-0.3, -0.25) is 4.79 Å². The molecule has 2 rings (SSSR count). The van der Waals surface area contributed by atoms with Crippen LogP contribution in [0.3, 0.4) is 0 Å². The highest BCUT2D eigenvalue weighted by atomic mass is 19.4. The van der Waals surface area contributed by atoms with E-state index in [1.54, 1.807) is 25.7 Å². The number of carbonyl (C=O) groups is 2. The molecule has 8 nitrogen and oxygen atoms in total. The molecule has 0 spiro atoms. The summed E-state index contributed by atoms with van der Waals surface area (Å²) < 4.78 is 50.3. The van der Waals surface area contributed by atoms with E-state index < -0.39 is 47.1 Å². The fourth-order valence-electron chi connectivity index (χ4n) is 3.10. The summed E-state index contributed by atoms with van der Waals surface area (Å²) in [6, 6.07) is 4.19. The Morgan fingerprint density at radius 3 is 2.33 bits per heavy atom. The molecule has 1 aromatic carbocycles. The Hall–Kier alpha value is -2.84. The van der Waals surface area contributed by atoms with Gasteiger partial charge in [0.05, 0.1) is 29.9 Å². The fraction of sp³-hybridized carbons (Fsp3) is 0.591. The van der Waals surface area contributed by atoms with Crippen molar-refractivity contribution in [1.82, 2.24) is 4.90 Å². The van der Waals surface area contributed by atoms with E-state index >= 15 is 0 Å². The molecular formula is C22H28F3N3O5. The predicted molar refractivity (Wildman–Crippen MR) is 112 cm³/mol. The van der Waals surface area contributed by atoms with Gasteiger partial charge in [0.1, 0.15) is 5.60 Å². The maximum atomic E-state index is 13.1. The second-order valence-corrected chi connectivity index (χ2v) is 9.08. The number of hydrogen-bond acceptors (Lipinski definition) is 6. The van der Waals surface area contributed by atoms with Crippen molar-refractivity contribution in [3.05, 3.63) is 29.3 Å². The molecule has 2 N–H and O–H groups in total. The summed E-state index contributed by atoms with van der Waals surface area (Å²) in [5, 5.41) is 21.6. The molecule has 11 heteroatoms. The van der Waals surface area contributed by atoms with Crippen LogP contribution in [0.5, 0.6) is 0 Å². The van der Waals surface area contributed by atoms with Gasteiger partial charge >= 0.3 is 12.3 Å². The van der Waals surface area contributed by atoms with Crippen LogP contribution >= 0.6 is 0 Å². The van der Waals surface area contributed by atoms with E-state index in [1.165, 1.54) is 13.0 Å². The van der Waals surface area contributed by atoms with Crippen molar-refractivity contribution in [2.45, 2.75) is 64.0 Å². The van der Waals surface area contributed by atoms with Crippen LogP contribution in [0.4, 0.5) is 23.7 Å². The number of likely N-dealkylation sites (tertiary alicyclic amines) is 1. The number of carbonyl (C=O) groups excluding carboxylic acids is 2. The number of aliphatic hydroxyl groups is 1. The Balaban J connectivity index is 1.91. The quantitative estimate of drug-likeness (QED) is 0.678. The second-order valence-electron chi connectivity index (χ2n) is 9.08. The van der Waals surface area contributed by atoms with Crippen LogP contribution in [-0.4, -0.2) is 59.0 Å². The van der Waals surface area contributed by atoms with Gasteiger partial charge in [-0.1, -0.05) is 0 Å². The van der Waals surface area contributed by atoms with Crippen LogP contribution in [0.25, 0.3) is 0 Å². The van der Waals surface area contributed by atoms with Gasteiger partial charge in [0.25, 0.3) is 5.91 Å². The summed E-state index contributed by atoms with van der Waals surface area (Å²) in [6.07, 6.45) is -4.56. The zero-order chi connectivity index (χ0) is 25.0. The van der Waals surface area contributed by atoms with Gasteiger partial charge in [0.15, 0.2) is 5.60 Å². The van der Waals surface area contributed by atoms with E-state index in [4.69, 9.17) is 14.7 Å². The molecular weight excluding hydrogens is 443 g/mol. The number of anilines is 1. The molecule has 1 aliphatic heterocycles. The molecule has 1 aliphatic rings. The molecule has 0 unspecified atom stereocenters. The van der Waals surface area contributed by atoms with Crippen molar-refractivity contribution >= 4 is 17.7 Å². The lowest BCUT2D eigenvalue weighted by molar-refractivity contribution is -0.142. The van der Waals surface area contributed by atoms with Crippen LogP contribution < -0.4 is 5.32 Å². The van der Waals surface area contributed by atoms with Gasteiger partial charge in [-0.2, -0.15) is 18.4 Å². The van der Waals surface area contributed by atoms with Crippen molar-refractivity contribution < 1.29 is 37.3 Å². The minimum absolute atomic E-state index is 0.211. The second kappa shape index (κ2) is 9.97. The third kappa shape index (κ3) is 7.61. The Morgan fingerprint density at radius 1 is 1.21 bits per heavy atom. The van der Waals surface area contributed by atoms with Gasteiger partial charge in [-0.15, -0.1) is 0 Å². The van der Waals surface area contributed by atoms with E-state index in [0.717, 1.165) is 12.1 Å². The largest absolute Gasteiger partial charge is 0.444 e. The van der Waals surface area contributed by atoms with E-state index in [2.05, 4.69) is 5.32 Å². The average molecular weight is 471 g/mol. The number of hydrogen-bond donors (Lipinski definition) is 2. The monoisotopic (exact) mass is 471 g/mol. The van der Waals surface area contributed by atoms with Gasteiger partial charge in [-0.25, -0.2) is 4.79 Å². The smallest absolute Gasteiger partial charge is 0.417 e. The number of benzene rings is 1. The standard InChI is InChI=1S/C22H28F3N3O5/c1-20(2,3)33-19(30)28-9-7-16(8-10-28)32-13-21(4,31)18(29)27-15-6-5-14(12-26)17(11-15)22(23,24)25/h5-6,11,16,31H,7-10,13H2,1-4H3,(H,27,29)/t21-/m0/s1. The number of halogens is 3. The fourth-order valence-corrected chi connectivity index (χ4v) is 3.10. The highest BCUT2D eigenvalue weighted by Gasteiger charge is 2.36. The van der Waals surface area contributed by atoms with Crippen LogP contribution in [0.2, 0.25) is 0 Å². The number of nitrogens with zero attached hydrogens (tertiary/aromatic N) is 2. The van der Waals surface area contributed by atoms with Gasteiger partial charge in [-0.05, 0) is 58.7 Å². The molecule has 1 fully saturated rings. The highest BCUT2D eigenvalue weighted by Crippen LogP contribution is 2.33. The van der Waals surface area contributed by atoms with E-state index in [9.17, 15) is 27.9 Å². The molecule has 2 amide bonds. The number of piperidine rings is 1. The van der Waals surface area contributed by atoms with Crippen LogP contribution in [-0.2, 0) is 20.4 Å².